The first-order chi connectivity index (χ1) is 17.0. The first-order valence-corrected chi connectivity index (χ1v) is 14.0. The molecule has 0 bridgehead atoms. The van der Waals surface area contributed by atoms with Crippen LogP contribution >= 0.6 is 0 Å². The molecule has 1 heterocycles. The van der Waals surface area contributed by atoms with Crippen LogP contribution in [0.2, 0.25) is 0 Å². The molecule has 0 aromatic heterocycles. The predicted octanol–water partition coefficient (Wildman–Crippen LogP) is 7.32. The number of unbranched alkanes of at least 4 members (excludes halogenated alkanes) is 13. The highest BCUT2D eigenvalue weighted by atomic mass is 16.2. The fourth-order valence-electron chi connectivity index (χ4n) is 5.28. The summed E-state index contributed by atoms with van der Waals surface area (Å²) in [5.74, 6) is -0.658. The van der Waals surface area contributed by atoms with E-state index in [1.165, 1.54) is 83.5 Å². The molecule has 0 saturated heterocycles. The number of imide groups is 1. The van der Waals surface area contributed by atoms with Crippen molar-refractivity contribution in [2.75, 3.05) is 11.4 Å². The molecule has 2 amide bonds. The van der Waals surface area contributed by atoms with E-state index >= 15 is 0 Å². The van der Waals surface area contributed by atoms with Crippen LogP contribution in [0, 0.1) is 0 Å². The zero-order chi connectivity index (χ0) is 25.0. The van der Waals surface area contributed by atoms with Crippen LogP contribution < -0.4 is 16.0 Å². The number of hydrogen-bond donors (Lipinski definition) is 2. The van der Waals surface area contributed by atoms with Crippen LogP contribution in [0.15, 0.2) is 30.3 Å². The highest BCUT2D eigenvalue weighted by molar-refractivity contribution is 6.26. The van der Waals surface area contributed by atoms with Gasteiger partial charge in [0.05, 0.1) is 6.17 Å². The van der Waals surface area contributed by atoms with Gasteiger partial charge in [-0.2, -0.15) is 0 Å². The molecule has 0 aliphatic carbocycles. The molecule has 1 unspecified atom stereocenters. The molecule has 0 fully saturated rings. The molecule has 0 radical (unpaired) electrons. The average molecular weight is 480 g/mol. The second-order valence-electron chi connectivity index (χ2n) is 10.2. The quantitative estimate of drug-likeness (QED) is 0.142. The van der Waals surface area contributed by atoms with E-state index in [9.17, 15) is 9.59 Å². The van der Waals surface area contributed by atoms with E-state index in [1.54, 1.807) is 6.07 Å². The number of carbonyl (C=O) groups is 2. The van der Waals surface area contributed by atoms with Gasteiger partial charge in [-0.05, 0) is 31.5 Å². The highest BCUT2D eigenvalue weighted by Gasteiger charge is 2.27. The van der Waals surface area contributed by atoms with E-state index in [0.717, 1.165) is 29.4 Å². The molecule has 3 rings (SSSR count). The maximum absolute atomic E-state index is 12.3. The molecule has 0 spiro atoms. The fraction of sp³-hybridized carbons (Fsp3) is 0.600. The maximum Gasteiger partial charge on any atom is 0.258 e. The van der Waals surface area contributed by atoms with Crippen LogP contribution in [-0.2, 0) is 0 Å². The molecule has 35 heavy (non-hydrogen) atoms. The maximum atomic E-state index is 12.3. The van der Waals surface area contributed by atoms with Crippen molar-refractivity contribution in [1.82, 2.24) is 5.32 Å². The van der Waals surface area contributed by atoms with E-state index in [0.29, 0.717) is 11.1 Å². The van der Waals surface area contributed by atoms with Gasteiger partial charge < -0.3 is 10.6 Å². The van der Waals surface area contributed by atoms with Gasteiger partial charge >= 0.3 is 0 Å². The first kappa shape index (κ1) is 27.2. The Bertz CT molecular complexity index is 949. The van der Waals surface area contributed by atoms with Crippen molar-refractivity contribution < 1.29 is 9.59 Å². The van der Waals surface area contributed by atoms with Crippen LogP contribution in [0.4, 0.5) is 5.69 Å². The number of anilines is 1. The second kappa shape index (κ2) is 14.2. The molecular weight excluding hydrogens is 434 g/mol. The summed E-state index contributed by atoms with van der Waals surface area (Å²) in [7, 11) is 0. The Morgan fingerprint density at radius 3 is 1.80 bits per heavy atom. The Morgan fingerprint density at radius 2 is 1.26 bits per heavy atom. The van der Waals surface area contributed by atoms with Gasteiger partial charge in [-0.3, -0.25) is 14.9 Å². The highest BCUT2D eigenvalue weighted by Crippen LogP contribution is 2.34. The zero-order valence-corrected chi connectivity index (χ0v) is 21.9. The van der Waals surface area contributed by atoms with Gasteiger partial charge in [0.15, 0.2) is 0 Å². The molecule has 1 atom stereocenters. The number of nitrogens with one attached hydrogen (secondary N) is 1. The summed E-state index contributed by atoms with van der Waals surface area (Å²) in [6, 6.07) is 9.45. The lowest BCUT2D eigenvalue weighted by atomic mass is 9.93. The molecule has 1 aliphatic heterocycles. The fourth-order valence-corrected chi connectivity index (χ4v) is 5.28. The average Bonchev–Trinajstić information content (AvgIpc) is 2.84. The smallest absolute Gasteiger partial charge is 0.258 e. The van der Waals surface area contributed by atoms with Crippen molar-refractivity contribution in [2.24, 2.45) is 5.73 Å². The van der Waals surface area contributed by atoms with E-state index in [1.807, 2.05) is 31.2 Å². The number of hydrogen-bond acceptors (Lipinski definition) is 4. The molecule has 2 aromatic rings. The molecule has 0 saturated carbocycles. The van der Waals surface area contributed by atoms with E-state index in [-0.39, 0.29) is 18.0 Å². The van der Waals surface area contributed by atoms with Crippen molar-refractivity contribution in [3.63, 3.8) is 0 Å². The van der Waals surface area contributed by atoms with Gasteiger partial charge in [-0.1, -0.05) is 103 Å². The predicted molar refractivity (Wildman–Crippen MR) is 147 cm³/mol. The van der Waals surface area contributed by atoms with Gasteiger partial charge in [0, 0.05) is 34.1 Å². The zero-order valence-electron chi connectivity index (χ0n) is 21.9. The van der Waals surface area contributed by atoms with Gasteiger partial charge in [0.1, 0.15) is 0 Å². The van der Waals surface area contributed by atoms with Gasteiger partial charge in [0.25, 0.3) is 11.8 Å². The third-order valence-corrected chi connectivity index (χ3v) is 7.29. The third kappa shape index (κ3) is 7.54. The Balaban J connectivity index is 1.42. The summed E-state index contributed by atoms with van der Waals surface area (Å²) >= 11 is 0. The van der Waals surface area contributed by atoms with Crippen molar-refractivity contribution >= 4 is 28.3 Å². The van der Waals surface area contributed by atoms with E-state index < -0.39 is 0 Å². The molecular formula is C30H45N3O2. The number of rotatable bonds is 17. The number of amides is 2. The Hall–Kier alpha value is -2.40. The molecule has 5 heteroatoms. The van der Waals surface area contributed by atoms with E-state index in [4.69, 9.17) is 5.73 Å². The summed E-state index contributed by atoms with van der Waals surface area (Å²) in [5, 5.41) is 4.10. The van der Waals surface area contributed by atoms with Gasteiger partial charge in [-0.15, -0.1) is 0 Å². The summed E-state index contributed by atoms with van der Waals surface area (Å²) in [5.41, 5.74) is 8.48. The van der Waals surface area contributed by atoms with E-state index in [2.05, 4.69) is 17.1 Å². The van der Waals surface area contributed by atoms with Crippen LogP contribution in [0.25, 0.3) is 10.8 Å². The summed E-state index contributed by atoms with van der Waals surface area (Å²) in [6.45, 7) is 5.14. The standard InChI is InChI=1S/C30H45N3O2/c1-3-4-5-6-7-8-9-10-11-12-13-14-15-16-22-33(23(2)31)27-21-20-26-28-24(27)18-17-19-25(28)29(34)32-30(26)35/h17-21,23H,3-16,22,31H2,1-2H3,(H,32,34,35). The SMILES string of the molecule is CCCCCCCCCCCCCCCCN(c1ccc2c3c(cccc13)C(=O)NC2=O)C(C)N. The Labute approximate surface area is 211 Å². The van der Waals surface area contributed by atoms with Crippen LogP contribution in [-0.4, -0.2) is 24.5 Å². The lowest BCUT2D eigenvalue weighted by molar-refractivity contribution is 0.0845. The Morgan fingerprint density at radius 1 is 0.743 bits per heavy atom. The summed E-state index contributed by atoms with van der Waals surface area (Å²) in [4.78, 5) is 26.9. The molecule has 1 aliphatic rings. The topological polar surface area (TPSA) is 75.4 Å². The molecule has 2 aromatic carbocycles. The van der Waals surface area contributed by atoms with Gasteiger partial charge in [0.2, 0.25) is 0 Å². The lowest BCUT2D eigenvalue weighted by Gasteiger charge is -2.31. The van der Waals surface area contributed by atoms with Crippen molar-refractivity contribution in [2.45, 2.75) is 110 Å². The minimum Gasteiger partial charge on any atom is -0.356 e. The molecule has 5 nitrogen and oxygen atoms in total. The van der Waals surface area contributed by atoms with Crippen LogP contribution in [0.3, 0.4) is 0 Å². The minimum absolute atomic E-state index is 0.151. The monoisotopic (exact) mass is 479 g/mol. The summed E-state index contributed by atoms with van der Waals surface area (Å²) < 4.78 is 0. The normalized spacial score (nSPS) is 13.8. The lowest BCUT2D eigenvalue weighted by Crippen LogP contribution is -2.41. The third-order valence-electron chi connectivity index (χ3n) is 7.29. The minimum atomic E-state index is -0.329. The number of carbonyl (C=O) groups excluding carboxylic acids is 2. The number of benzene rings is 2. The second-order valence-corrected chi connectivity index (χ2v) is 10.2. The Kier molecular flexibility index (Phi) is 11.1. The largest absolute Gasteiger partial charge is 0.356 e. The van der Waals surface area contributed by atoms with Crippen LogP contribution in [0.5, 0.6) is 0 Å². The van der Waals surface area contributed by atoms with Crippen LogP contribution in [0.1, 0.15) is 124 Å². The van der Waals surface area contributed by atoms with Gasteiger partial charge in [-0.25, -0.2) is 0 Å². The molecule has 3 N–H and O–H groups in total. The first-order valence-electron chi connectivity index (χ1n) is 14.0. The number of nitrogens with two attached hydrogens (primary N) is 1. The van der Waals surface area contributed by atoms with Crippen molar-refractivity contribution in [3.05, 3.63) is 41.5 Å². The van der Waals surface area contributed by atoms with Crippen molar-refractivity contribution in [3.8, 4) is 0 Å². The number of nitrogens with zero attached hydrogens (tertiary/aromatic N) is 1. The van der Waals surface area contributed by atoms with Crippen molar-refractivity contribution in [1.29, 1.82) is 0 Å². The molecule has 192 valence electrons. The summed E-state index contributed by atoms with van der Waals surface area (Å²) in [6.07, 6.45) is 18.6.